The second-order valence-corrected chi connectivity index (χ2v) is 9.58. The van der Waals surface area contributed by atoms with Gasteiger partial charge in [0, 0.05) is 18.8 Å². The van der Waals surface area contributed by atoms with Crippen LogP contribution in [-0.4, -0.2) is 58.8 Å². The first-order valence-corrected chi connectivity index (χ1v) is 13.4. The summed E-state index contributed by atoms with van der Waals surface area (Å²) in [4.78, 5) is 32.6. The minimum Gasteiger partial charge on any atom is -0.550 e. The van der Waals surface area contributed by atoms with E-state index in [1.165, 1.54) is 25.7 Å². The summed E-state index contributed by atoms with van der Waals surface area (Å²) in [5.74, 6) is -2.58. The van der Waals surface area contributed by atoms with Crippen LogP contribution in [0.1, 0.15) is 116 Å². The number of hydrogen-bond acceptors (Lipinski definition) is 4. The number of allylic oxidation sites excluding steroid dienone is 2. The first-order chi connectivity index (χ1) is 16.3. The number of carbonyl (C=O) groups excluding carboxylic acids is 1. The summed E-state index contributed by atoms with van der Waals surface area (Å²) in [7, 11) is 0. The van der Waals surface area contributed by atoms with Gasteiger partial charge in [-0.2, -0.15) is 0 Å². The summed E-state index contributed by atoms with van der Waals surface area (Å²) in [5.41, 5.74) is 0. The van der Waals surface area contributed by atoms with Gasteiger partial charge >= 0.3 is 11.9 Å². The minimum atomic E-state index is -1.02. The van der Waals surface area contributed by atoms with Gasteiger partial charge in [-0.3, -0.25) is 9.59 Å². The molecule has 0 fully saturated rings. The molecular formula is C27H49NO6. The van der Waals surface area contributed by atoms with E-state index in [1.807, 2.05) is 0 Å². The van der Waals surface area contributed by atoms with E-state index in [-0.39, 0.29) is 19.3 Å². The van der Waals surface area contributed by atoms with E-state index in [2.05, 4.69) is 19.1 Å². The predicted molar refractivity (Wildman–Crippen MR) is 133 cm³/mol. The van der Waals surface area contributed by atoms with Crippen molar-refractivity contribution in [1.29, 1.82) is 0 Å². The van der Waals surface area contributed by atoms with Crippen molar-refractivity contribution in [3.8, 4) is 0 Å². The molecule has 0 radical (unpaired) electrons. The molecule has 0 aromatic rings. The van der Waals surface area contributed by atoms with Crippen LogP contribution in [0.3, 0.4) is 0 Å². The molecule has 34 heavy (non-hydrogen) atoms. The Kier molecular flexibility index (Phi) is 20.4. The van der Waals surface area contributed by atoms with Crippen LogP contribution >= 0.6 is 0 Å². The van der Waals surface area contributed by atoms with Crippen molar-refractivity contribution in [2.45, 2.75) is 116 Å². The van der Waals surface area contributed by atoms with Crippen LogP contribution < -0.4 is 5.11 Å². The van der Waals surface area contributed by atoms with Crippen molar-refractivity contribution in [1.82, 2.24) is 0 Å². The van der Waals surface area contributed by atoms with Gasteiger partial charge in [-0.05, 0) is 77.0 Å². The lowest BCUT2D eigenvalue weighted by atomic mass is 10.1. The topological polar surface area (TPSA) is 115 Å². The highest BCUT2D eigenvalue weighted by atomic mass is 16.4. The first kappa shape index (κ1) is 32.1. The fourth-order valence-corrected chi connectivity index (χ4v) is 4.48. The monoisotopic (exact) mass is 483 g/mol. The van der Waals surface area contributed by atoms with Gasteiger partial charge in [0.25, 0.3) is 0 Å². The van der Waals surface area contributed by atoms with Crippen LogP contribution in [0.2, 0.25) is 0 Å². The van der Waals surface area contributed by atoms with Gasteiger partial charge in [0.2, 0.25) is 0 Å². The van der Waals surface area contributed by atoms with E-state index < -0.39 is 17.9 Å². The predicted octanol–water partition coefficient (Wildman–Crippen LogP) is 4.93. The number of unbranched alkanes of at least 4 members (excludes halogenated alkanes) is 9. The lowest BCUT2D eigenvalue weighted by Gasteiger charge is -2.39. The van der Waals surface area contributed by atoms with Crippen molar-refractivity contribution in [2.75, 3.05) is 26.2 Å². The summed E-state index contributed by atoms with van der Waals surface area (Å²) in [5, 5.41) is 28.8. The van der Waals surface area contributed by atoms with E-state index >= 15 is 0 Å². The highest BCUT2D eigenvalue weighted by molar-refractivity contribution is 5.66. The zero-order valence-electron chi connectivity index (χ0n) is 21.5. The van der Waals surface area contributed by atoms with E-state index in [4.69, 9.17) is 10.2 Å². The molecule has 0 saturated heterocycles. The maximum absolute atomic E-state index is 10.9. The smallest absolute Gasteiger partial charge is 0.303 e. The van der Waals surface area contributed by atoms with Crippen LogP contribution in [0.15, 0.2) is 12.2 Å². The molecule has 0 atom stereocenters. The lowest BCUT2D eigenvalue weighted by Crippen LogP contribution is -2.51. The van der Waals surface area contributed by atoms with E-state index in [1.54, 1.807) is 0 Å². The number of hydrogen-bond donors (Lipinski definition) is 2. The largest absolute Gasteiger partial charge is 0.550 e. The SMILES string of the molecule is CCC/C=C/CCCCCCC[N+](CCCCC(=O)[O-])(CCCCC(=O)O)CCCCC(=O)O. The number of carbonyl (C=O) groups is 3. The molecule has 0 aliphatic heterocycles. The maximum atomic E-state index is 10.9. The Balaban J connectivity index is 4.78. The molecule has 0 heterocycles. The Morgan fingerprint density at radius 2 is 1.03 bits per heavy atom. The van der Waals surface area contributed by atoms with Crippen LogP contribution in [-0.2, 0) is 14.4 Å². The average molecular weight is 484 g/mol. The van der Waals surface area contributed by atoms with Crippen molar-refractivity contribution < 1.29 is 34.2 Å². The number of carboxylic acid groups (broad SMARTS) is 3. The average Bonchev–Trinajstić information content (AvgIpc) is 2.78. The number of carboxylic acids is 3. The zero-order chi connectivity index (χ0) is 25.5. The van der Waals surface area contributed by atoms with Gasteiger partial charge in [0.1, 0.15) is 0 Å². The second-order valence-electron chi connectivity index (χ2n) is 9.58. The van der Waals surface area contributed by atoms with Gasteiger partial charge < -0.3 is 24.6 Å². The summed E-state index contributed by atoms with van der Waals surface area (Å²) >= 11 is 0. The van der Waals surface area contributed by atoms with Crippen LogP contribution in [0.5, 0.6) is 0 Å². The summed E-state index contributed by atoms with van der Waals surface area (Å²) in [6, 6.07) is 0. The fraction of sp³-hybridized carbons (Fsp3) is 0.815. The Morgan fingerprint density at radius 3 is 1.50 bits per heavy atom. The molecule has 0 saturated carbocycles. The van der Waals surface area contributed by atoms with Crippen molar-refractivity contribution in [2.24, 2.45) is 0 Å². The Morgan fingerprint density at radius 1 is 0.618 bits per heavy atom. The third kappa shape index (κ3) is 20.7. The number of rotatable bonds is 25. The molecule has 0 rings (SSSR count). The third-order valence-electron chi connectivity index (χ3n) is 6.43. The molecule has 7 heteroatoms. The number of nitrogens with zero attached hydrogens (tertiary/aromatic N) is 1. The second kappa shape index (κ2) is 21.6. The summed E-state index contributed by atoms with van der Waals surface area (Å²) in [6.45, 7) is 5.77. The molecule has 0 aliphatic rings. The maximum Gasteiger partial charge on any atom is 0.303 e. The quantitative estimate of drug-likeness (QED) is 0.108. The first-order valence-electron chi connectivity index (χ1n) is 13.4. The van der Waals surface area contributed by atoms with Crippen molar-refractivity contribution in [3.63, 3.8) is 0 Å². The van der Waals surface area contributed by atoms with E-state index in [0.717, 1.165) is 75.6 Å². The van der Waals surface area contributed by atoms with Crippen molar-refractivity contribution >= 4 is 17.9 Å². The highest BCUT2D eigenvalue weighted by Gasteiger charge is 2.26. The molecule has 2 N–H and O–H groups in total. The summed E-state index contributed by atoms with van der Waals surface area (Å²) in [6.07, 6.45) is 18.6. The summed E-state index contributed by atoms with van der Waals surface area (Å²) < 4.78 is 0.839. The Bertz CT molecular complexity index is 520. The Labute approximate surface area is 206 Å². The highest BCUT2D eigenvalue weighted by Crippen LogP contribution is 2.19. The van der Waals surface area contributed by atoms with E-state index in [0.29, 0.717) is 19.3 Å². The molecule has 0 spiro atoms. The van der Waals surface area contributed by atoms with E-state index in [9.17, 15) is 19.5 Å². The van der Waals surface area contributed by atoms with Gasteiger partial charge in [0.05, 0.1) is 26.2 Å². The standard InChI is InChI=1S/C27H49NO6/c1-2-3-4-5-6-7-8-9-10-14-21-28(22-15-11-18-25(29)30,23-16-12-19-26(31)32)24-17-13-20-27(33)34/h4-5H,2-3,6-24H2,1H3,(H2-,29,30,31,32,33,34)/b5-4+. The molecule has 198 valence electrons. The molecule has 0 amide bonds. The molecular weight excluding hydrogens is 434 g/mol. The molecule has 0 aliphatic carbocycles. The number of quaternary nitrogens is 1. The van der Waals surface area contributed by atoms with Crippen LogP contribution in [0, 0.1) is 0 Å². The molecule has 0 aromatic carbocycles. The normalized spacial score (nSPS) is 11.8. The van der Waals surface area contributed by atoms with Gasteiger partial charge in [0.15, 0.2) is 0 Å². The molecule has 7 nitrogen and oxygen atoms in total. The zero-order valence-corrected chi connectivity index (χ0v) is 21.5. The Hall–Kier alpha value is -1.89. The van der Waals surface area contributed by atoms with Crippen LogP contribution in [0.25, 0.3) is 0 Å². The third-order valence-corrected chi connectivity index (χ3v) is 6.43. The van der Waals surface area contributed by atoms with Gasteiger partial charge in [-0.25, -0.2) is 0 Å². The van der Waals surface area contributed by atoms with Crippen LogP contribution in [0.4, 0.5) is 0 Å². The molecule has 0 unspecified atom stereocenters. The van der Waals surface area contributed by atoms with Gasteiger partial charge in [-0.15, -0.1) is 0 Å². The molecule has 0 bridgehead atoms. The van der Waals surface area contributed by atoms with Gasteiger partial charge in [-0.1, -0.05) is 38.3 Å². The minimum absolute atomic E-state index is 0.0602. The molecule has 0 aromatic heterocycles. The van der Waals surface area contributed by atoms with Crippen molar-refractivity contribution in [3.05, 3.63) is 12.2 Å². The lowest BCUT2D eigenvalue weighted by molar-refractivity contribution is -0.929. The fourth-order valence-electron chi connectivity index (χ4n) is 4.48. The number of aliphatic carboxylic acids is 3.